The first-order valence-corrected chi connectivity index (χ1v) is 9.97. The Bertz CT molecular complexity index is 937. The lowest BCUT2D eigenvalue weighted by Crippen LogP contribution is -2.37. The molecule has 1 aromatic carbocycles. The van der Waals surface area contributed by atoms with E-state index >= 15 is 0 Å². The zero-order valence-electron chi connectivity index (χ0n) is 14.6. The summed E-state index contributed by atoms with van der Waals surface area (Å²) in [6, 6.07) is 9.76. The number of carbonyl (C=O) groups excluding carboxylic acids is 2. The first-order chi connectivity index (χ1) is 12.9. The number of hydrogen-bond acceptors (Lipinski definition) is 5. The predicted octanol–water partition coefficient (Wildman–Crippen LogP) is 3.39. The quantitative estimate of drug-likeness (QED) is 0.634. The van der Waals surface area contributed by atoms with Gasteiger partial charge >= 0.3 is 0 Å². The first-order valence-electron chi connectivity index (χ1n) is 8.27. The molecule has 0 bridgehead atoms. The van der Waals surface area contributed by atoms with E-state index in [1.807, 2.05) is 17.5 Å². The number of hydrogen-bond donors (Lipinski definition) is 2. The summed E-state index contributed by atoms with van der Waals surface area (Å²) in [7, 11) is 0. The van der Waals surface area contributed by atoms with Crippen molar-refractivity contribution in [3.8, 4) is 9.88 Å². The van der Waals surface area contributed by atoms with E-state index in [0.717, 1.165) is 15.4 Å². The number of aromatic nitrogens is 1. The topological polar surface area (TPSA) is 85.1 Å². The van der Waals surface area contributed by atoms with Crippen LogP contribution >= 0.6 is 22.7 Å². The van der Waals surface area contributed by atoms with E-state index in [-0.39, 0.29) is 18.3 Å². The van der Waals surface area contributed by atoms with Gasteiger partial charge in [0.05, 0.1) is 16.5 Å². The molecule has 0 saturated carbocycles. The highest BCUT2D eigenvalue weighted by molar-refractivity contribution is 7.22. The normalized spacial score (nSPS) is 11.9. The van der Waals surface area contributed by atoms with Crippen molar-refractivity contribution in [1.82, 2.24) is 10.3 Å². The Morgan fingerprint density at radius 1 is 1.26 bits per heavy atom. The van der Waals surface area contributed by atoms with Gasteiger partial charge in [-0.2, -0.15) is 0 Å². The molecule has 0 fully saturated rings. The van der Waals surface area contributed by atoms with Crippen LogP contribution in [0.25, 0.3) is 9.88 Å². The van der Waals surface area contributed by atoms with Crippen molar-refractivity contribution >= 4 is 34.5 Å². The highest BCUT2D eigenvalue weighted by atomic mass is 32.1. The van der Waals surface area contributed by atoms with Crippen LogP contribution in [0.2, 0.25) is 0 Å². The summed E-state index contributed by atoms with van der Waals surface area (Å²) in [6.07, 6.45) is 0.331. The van der Waals surface area contributed by atoms with Crippen molar-refractivity contribution in [2.75, 3.05) is 6.54 Å². The minimum Gasteiger partial charge on any atom is -0.369 e. The van der Waals surface area contributed by atoms with Crippen LogP contribution in [0.3, 0.4) is 0 Å². The average molecular weight is 404 g/mol. The molecule has 2 aromatic heterocycles. The summed E-state index contributed by atoms with van der Waals surface area (Å²) in [5, 5.41) is 5.53. The van der Waals surface area contributed by atoms with Crippen LogP contribution in [0.5, 0.6) is 0 Å². The van der Waals surface area contributed by atoms with Gasteiger partial charge in [-0.25, -0.2) is 9.37 Å². The largest absolute Gasteiger partial charge is 0.369 e. The second-order valence-electron chi connectivity index (χ2n) is 6.05. The first kappa shape index (κ1) is 19.2. The number of nitrogens with two attached hydrogens (primary N) is 1. The van der Waals surface area contributed by atoms with Gasteiger partial charge in [-0.15, -0.1) is 22.7 Å². The molecule has 1 atom stereocenters. The number of thiophene rings is 1. The van der Waals surface area contributed by atoms with Crippen LogP contribution in [0.4, 0.5) is 4.39 Å². The molecule has 140 valence electrons. The van der Waals surface area contributed by atoms with E-state index in [2.05, 4.69) is 10.3 Å². The smallest absolute Gasteiger partial charge is 0.263 e. The Hall–Kier alpha value is -2.58. The summed E-state index contributed by atoms with van der Waals surface area (Å²) in [6.45, 7) is 1.89. The molecule has 27 heavy (non-hydrogen) atoms. The number of rotatable bonds is 7. The Kier molecular flexibility index (Phi) is 5.98. The maximum Gasteiger partial charge on any atom is 0.263 e. The number of nitrogens with zero attached hydrogens (tertiary/aromatic N) is 1. The van der Waals surface area contributed by atoms with E-state index in [1.54, 1.807) is 30.4 Å². The van der Waals surface area contributed by atoms with Gasteiger partial charge in [-0.1, -0.05) is 18.2 Å². The standard InChI is InChI=1S/C19H18FN3O2S2/c1-11-16(27-19(23-11)15-3-2-8-26-15)18(25)22-10-13(17(21)24)9-12-4-6-14(20)7-5-12/h2-8,13H,9-10H2,1H3,(H2,21,24)(H,22,25). The number of benzene rings is 1. The number of primary amides is 1. The van der Waals surface area contributed by atoms with Crippen LogP contribution in [0, 0.1) is 18.7 Å². The minimum absolute atomic E-state index is 0.108. The van der Waals surface area contributed by atoms with E-state index in [0.29, 0.717) is 17.0 Å². The van der Waals surface area contributed by atoms with Gasteiger partial charge in [-0.3, -0.25) is 9.59 Å². The maximum atomic E-state index is 13.0. The predicted molar refractivity (Wildman–Crippen MR) is 105 cm³/mol. The van der Waals surface area contributed by atoms with Crippen molar-refractivity contribution in [1.29, 1.82) is 0 Å². The fourth-order valence-electron chi connectivity index (χ4n) is 2.59. The number of nitrogens with one attached hydrogen (secondary N) is 1. The van der Waals surface area contributed by atoms with Crippen LogP contribution in [0.1, 0.15) is 20.9 Å². The molecule has 3 N–H and O–H groups in total. The van der Waals surface area contributed by atoms with Gasteiger partial charge < -0.3 is 11.1 Å². The van der Waals surface area contributed by atoms with Crippen molar-refractivity contribution in [3.05, 3.63) is 63.7 Å². The molecule has 1 unspecified atom stereocenters. The van der Waals surface area contributed by atoms with Gasteiger partial charge in [0.1, 0.15) is 15.7 Å². The molecule has 8 heteroatoms. The van der Waals surface area contributed by atoms with E-state index in [1.165, 1.54) is 23.5 Å². The summed E-state index contributed by atoms with van der Waals surface area (Å²) < 4.78 is 13.0. The van der Waals surface area contributed by atoms with Crippen molar-refractivity contribution in [3.63, 3.8) is 0 Å². The lowest BCUT2D eigenvalue weighted by molar-refractivity contribution is -0.121. The summed E-state index contributed by atoms with van der Waals surface area (Å²) in [5.41, 5.74) is 6.89. The monoisotopic (exact) mass is 403 g/mol. The summed E-state index contributed by atoms with van der Waals surface area (Å²) in [4.78, 5) is 30.2. The zero-order chi connectivity index (χ0) is 19.4. The highest BCUT2D eigenvalue weighted by Crippen LogP contribution is 2.31. The van der Waals surface area contributed by atoms with Crippen molar-refractivity contribution < 1.29 is 14.0 Å². The van der Waals surface area contributed by atoms with Gasteiger partial charge in [0.15, 0.2) is 0 Å². The Morgan fingerprint density at radius 2 is 2.00 bits per heavy atom. The summed E-state index contributed by atoms with van der Waals surface area (Å²) in [5.74, 6) is -1.72. The van der Waals surface area contributed by atoms with E-state index in [9.17, 15) is 14.0 Å². The maximum absolute atomic E-state index is 13.0. The zero-order valence-corrected chi connectivity index (χ0v) is 16.2. The second-order valence-corrected chi connectivity index (χ2v) is 8.00. The van der Waals surface area contributed by atoms with Gasteiger partial charge in [0, 0.05) is 6.54 Å². The second kappa shape index (κ2) is 8.41. The number of aryl methyl sites for hydroxylation is 1. The number of thiazole rings is 1. The minimum atomic E-state index is -0.579. The molecule has 5 nitrogen and oxygen atoms in total. The third-order valence-corrected chi connectivity index (χ3v) is 6.24. The number of halogens is 1. The van der Waals surface area contributed by atoms with Crippen LogP contribution in [-0.2, 0) is 11.2 Å². The van der Waals surface area contributed by atoms with Crippen molar-refractivity contribution in [2.24, 2.45) is 11.7 Å². The van der Waals surface area contributed by atoms with Gasteiger partial charge in [0.25, 0.3) is 5.91 Å². The van der Waals surface area contributed by atoms with Crippen LogP contribution in [-0.4, -0.2) is 23.3 Å². The van der Waals surface area contributed by atoms with Gasteiger partial charge in [-0.05, 0) is 42.5 Å². The Balaban J connectivity index is 1.66. The third-order valence-electron chi connectivity index (χ3n) is 4.04. The molecule has 0 aliphatic heterocycles. The molecule has 3 rings (SSSR count). The van der Waals surface area contributed by atoms with E-state index < -0.39 is 11.8 Å². The molecular weight excluding hydrogens is 385 g/mol. The van der Waals surface area contributed by atoms with Crippen LogP contribution < -0.4 is 11.1 Å². The third kappa shape index (κ3) is 4.78. The molecule has 0 spiro atoms. The number of amides is 2. The molecule has 0 saturated heterocycles. The Morgan fingerprint density at radius 3 is 2.63 bits per heavy atom. The van der Waals surface area contributed by atoms with Crippen LogP contribution in [0.15, 0.2) is 41.8 Å². The SMILES string of the molecule is Cc1nc(-c2cccs2)sc1C(=O)NCC(Cc1ccc(F)cc1)C(N)=O. The molecule has 3 aromatic rings. The fraction of sp³-hybridized carbons (Fsp3) is 0.211. The van der Waals surface area contributed by atoms with Crippen molar-refractivity contribution in [2.45, 2.75) is 13.3 Å². The molecule has 0 aliphatic rings. The lowest BCUT2D eigenvalue weighted by atomic mass is 9.98. The average Bonchev–Trinajstić information content (AvgIpc) is 3.29. The van der Waals surface area contributed by atoms with E-state index in [4.69, 9.17) is 5.73 Å². The highest BCUT2D eigenvalue weighted by Gasteiger charge is 2.21. The van der Waals surface area contributed by atoms with Gasteiger partial charge in [0.2, 0.25) is 5.91 Å². The fourth-order valence-corrected chi connectivity index (χ4v) is 4.37. The molecule has 2 amide bonds. The molecule has 2 heterocycles. The molecular formula is C19H18FN3O2S2. The number of carbonyl (C=O) groups is 2. The molecule has 0 radical (unpaired) electrons. The lowest BCUT2D eigenvalue weighted by Gasteiger charge is -2.14. The summed E-state index contributed by atoms with van der Waals surface area (Å²) >= 11 is 2.88. The molecule has 0 aliphatic carbocycles. The Labute approximate surface area is 164 Å².